The normalized spacial score (nSPS) is 16.4. The van der Waals surface area contributed by atoms with Crippen LogP contribution in [0, 0.1) is 0 Å². The van der Waals surface area contributed by atoms with Gasteiger partial charge in [0.15, 0.2) is 0 Å². The molecule has 0 radical (unpaired) electrons. The smallest absolute Gasteiger partial charge is 0.253 e. The quantitative estimate of drug-likeness (QED) is 0.168. The van der Waals surface area contributed by atoms with Crippen molar-refractivity contribution >= 4 is 17.5 Å². The zero-order chi connectivity index (χ0) is 62.9. The van der Waals surface area contributed by atoms with Gasteiger partial charge in [0.05, 0.1) is 13.2 Å². The molecule has 4 fully saturated rings. The average molecular weight is 1200 g/mol. The van der Waals surface area contributed by atoms with Gasteiger partial charge in [0.1, 0.15) is 0 Å². The van der Waals surface area contributed by atoms with Gasteiger partial charge in [-0.3, -0.25) is 14.5 Å². The van der Waals surface area contributed by atoms with Crippen molar-refractivity contribution in [1.29, 1.82) is 0 Å². The molecule has 12 nitrogen and oxygen atoms in total. The SMILES string of the molecule is C.C.CC(=O)N1CCN(c2ccc(C(C)(C)C)cc2)CC1.CC(C)(C)c1ccc(-c2nn[nH]n2)cc1.CC(C)(C)c1ccc(C(=O)N2CCNCC2)cc1.CC(C)(C)c1ccc(C2CCCCC2)cc1.CC(c1ccc(C(C)(C)C)cc1)N1CCOCC1. The number of H-pyrrole nitrogens is 1. The molecular formula is C76H117N9O3. The number of amides is 2. The van der Waals surface area contributed by atoms with Crippen LogP contribution in [0.2, 0.25) is 0 Å². The summed E-state index contributed by atoms with van der Waals surface area (Å²) in [5.74, 6) is 1.80. The number of piperazine rings is 2. The van der Waals surface area contributed by atoms with Gasteiger partial charge in [-0.05, 0) is 121 Å². The van der Waals surface area contributed by atoms with Crippen LogP contribution in [0.25, 0.3) is 11.4 Å². The molecule has 1 unspecified atom stereocenters. The summed E-state index contributed by atoms with van der Waals surface area (Å²) in [6, 6.07) is 44.0. The third-order valence-corrected chi connectivity index (χ3v) is 17.3. The van der Waals surface area contributed by atoms with Crippen LogP contribution in [-0.2, 0) is 36.6 Å². The number of benzene rings is 5. The molecule has 1 atom stereocenters. The Morgan fingerprint density at radius 2 is 0.932 bits per heavy atom. The van der Waals surface area contributed by atoms with Crippen LogP contribution in [-0.4, -0.2) is 126 Å². The minimum Gasteiger partial charge on any atom is -0.379 e. The summed E-state index contributed by atoms with van der Waals surface area (Å²) in [6.07, 6.45) is 7.08. The van der Waals surface area contributed by atoms with Gasteiger partial charge < -0.3 is 24.8 Å². The Labute approximate surface area is 534 Å². The maximum atomic E-state index is 12.3. The van der Waals surface area contributed by atoms with Crippen molar-refractivity contribution in [2.45, 2.75) is 204 Å². The van der Waals surface area contributed by atoms with E-state index in [4.69, 9.17) is 4.74 Å². The predicted octanol–water partition coefficient (Wildman–Crippen LogP) is 16.5. The van der Waals surface area contributed by atoms with E-state index < -0.39 is 0 Å². The first-order valence-electron chi connectivity index (χ1n) is 32.1. The third kappa shape index (κ3) is 23.0. The second kappa shape index (κ2) is 33.6. The molecule has 1 saturated carbocycles. The van der Waals surface area contributed by atoms with E-state index in [2.05, 4.69) is 244 Å². The summed E-state index contributed by atoms with van der Waals surface area (Å²) < 4.78 is 5.41. The highest BCUT2D eigenvalue weighted by Gasteiger charge is 2.24. The van der Waals surface area contributed by atoms with E-state index in [0.717, 1.165) is 95.7 Å². The van der Waals surface area contributed by atoms with Gasteiger partial charge in [-0.1, -0.05) is 235 Å². The van der Waals surface area contributed by atoms with Crippen LogP contribution < -0.4 is 10.2 Å². The van der Waals surface area contributed by atoms with Gasteiger partial charge in [-0.2, -0.15) is 5.21 Å². The molecule has 3 aliphatic heterocycles. The average Bonchev–Trinajstić information content (AvgIpc) is 4.17. The number of anilines is 1. The molecule has 4 heterocycles. The fourth-order valence-corrected chi connectivity index (χ4v) is 11.1. The first kappa shape index (κ1) is 74.3. The van der Waals surface area contributed by atoms with Gasteiger partial charge in [-0.15, -0.1) is 10.2 Å². The van der Waals surface area contributed by atoms with Crippen LogP contribution >= 0.6 is 0 Å². The number of nitrogens with one attached hydrogen (secondary N) is 2. The molecule has 0 spiro atoms. The molecular weight excluding hydrogens is 1090 g/mol. The highest BCUT2D eigenvalue weighted by Crippen LogP contribution is 2.34. The van der Waals surface area contributed by atoms with E-state index in [0.29, 0.717) is 11.9 Å². The second-order valence-electron chi connectivity index (χ2n) is 29.1. The van der Waals surface area contributed by atoms with Gasteiger partial charge in [0.2, 0.25) is 11.7 Å². The van der Waals surface area contributed by atoms with E-state index in [1.54, 1.807) is 12.5 Å². The highest BCUT2D eigenvalue weighted by molar-refractivity contribution is 5.94. The highest BCUT2D eigenvalue weighted by atomic mass is 16.5. The second-order valence-corrected chi connectivity index (χ2v) is 29.1. The Balaban J connectivity index is 0.000000234. The van der Waals surface area contributed by atoms with Crippen molar-refractivity contribution in [2.75, 3.05) is 83.6 Å². The van der Waals surface area contributed by atoms with Crippen LogP contribution in [0.3, 0.4) is 0 Å². The summed E-state index contributed by atoms with van der Waals surface area (Å²) in [6.45, 7) is 48.1. The Morgan fingerprint density at radius 1 is 0.511 bits per heavy atom. The molecule has 2 amide bonds. The Morgan fingerprint density at radius 3 is 1.35 bits per heavy atom. The van der Waals surface area contributed by atoms with Crippen LogP contribution in [0.15, 0.2) is 121 Å². The van der Waals surface area contributed by atoms with Gasteiger partial charge in [0.25, 0.3) is 5.91 Å². The van der Waals surface area contributed by atoms with Crippen LogP contribution in [0.1, 0.15) is 226 Å². The van der Waals surface area contributed by atoms with Crippen LogP contribution in [0.5, 0.6) is 0 Å². The fraction of sp³-hybridized carbons (Fsp3) is 0.566. The van der Waals surface area contributed by atoms with E-state index in [-0.39, 0.29) is 53.7 Å². The minimum absolute atomic E-state index is 0. The first-order chi connectivity index (χ1) is 40.5. The lowest BCUT2D eigenvalue weighted by Gasteiger charge is -2.35. The molecule has 10 rings (SSSR count). The Hall–Kier alpha value is -6.21. The zero-order valence-corrected chi connectivity index (χ0v) is 56.1. The van der Waals surface area contributed by atoms with Gasteiger partial charge in [-0.25, -0.2) is 0 Å². The van der Waals surface area contributed by atoms with Gasteiger partial charge >= 0.3 is 0 Å². The lowest BCUT2D eigenvalue weighted by Crippen LogP contribution is -2.48. The molecule has 484 valence electrons. The predicted molar refractivity (Wildman–Crippen MR) is 372 cm³/mol. The summed E-state index contributed by atoms with van der Waals surface area (Å²) in [5.41, 5.74) is 13.8. The maximum absolute atomic E-state index is 12.3. The number of rotatable bonds is 6. The summed E-state index contributed by atoms with van der Waals surface area (Å²) >= 11 is 0. The van der Waals surface area contributed by atoms with Crippen molar-refractivity contribution in [2.24, 2.45) is 0 Å². The first-order valence-corrected chi connectivity index (χ1v) is 32.1. The lowest BCUT2D eigenvalue weighted by atomic mass is 9.81. The summed E-state index contributed by atoms with van der Waals surface area (Å²) in [4.78, 5) is 32.2. The third-order valence-electron chi connectivity index (χ3n) is 17.3. The molecule has 6 aromatic rings. The summed E-state index contributed by atoms with van der Waals surface area (Å²) in [7, 11) is 0. The fourth-order valence-electron chi connectivity index (χ4n) is 11.1. The number of carbonyl (C=O) groups excluding carboxylic acids is 2. The lowest BCUT2D eigenvalue weighted by molar-refractivity contribution is -0.129. The number of ether oxygens (including phenoxy) is 1. The summed E-state index contributed by atoms with van der Waals surface area (Å²) in [5, 5.41) is 17.1. The molecule has 88 heavy (non-hydrogen) atoms. The number of tetrazole rings is 1. The molecule has 12 heteroatoms. The van der Waals surface area contributed by atoms with Crippen molar-refractivity contribution in [1.82, 2.24) is 40.6 Å². The number of aromatic amines is 1. The van der Waals surface area contributed by atoms with E-state index in [1.165, 1.54) is 71.2 Å². The van der Waals surface area contributed by atoms with E-state index in [9.17, 15) is 9.59 Å². The number of aromatic nitrogens is 4. The molecule has 2 N–H and O–H groups in total. The van der Waals surface area contributed by atoms with E-state index >= 15 is 0 Å². The monoisotopic (exact) mass is 1200 g/mol. The standard InChI is InChI=1S/C16H24N2O.C16H25NO.C16H24.C15H22N2O.C11H14N4.2CH4/c1-13(19)17-9-11-18(12-10-17)15-7-5-14(6-8-15)16(2,3)4;1-13(17-9-11-18-12-10-17)14-5-7-15(8-6-14)16(2,3)4;1-16(2,3)15-11-9-14(10-12-15)13-7-5-4-6-8-13;1-15(2,3)13-6-4-12(5-7-13)14(18)17-10-8-16-9-11-17;1-11(2,3)9-6-4-8(5-7-9)10-12-14-15-13-10;;/h5-8H,9-12H2,1-4H3;5-8,13H,9-12H2,1-4H3;9-13H,4-8H2,1-3H3;4-7,16H,8-11H2,1-3H3;4-7H,1-3H3,(H,12,13,14,15);2*1H4. The topological polar surface area (TPSA) is 123 Å². The Kier molecular flexibility index (Phi) is 28.3. The largest absolute Gasteiger partial charge is 0.379 e. The maximum Gasteiger partial charge on any atom is 0.253 e. The van der Waals surface area contributed by atoms with E-state index in [1.807, 2.05) is 34.1 Å². The van der Waals surface area contributed by atoms with Crippen molar-refractivity contribution in [3.63, 3.8) is 0 Å². The zero-order valence-electron chi connectivity index (χ0n) is 56.1. The molecule has 3 saturated heterocycles. The molecule has 1 aromatic heterocycles. The van der Waals surface area contributed by atoms with Gasteiger partial charge in [0, 0.05) is 95.2 Å². The number of carbonyl (C=O) groups is 2. The number of morpholine rings is 1. The molecule has 0 bridgehead atoms. The van der Waals surface area contributed by atoms with Crippen molar-refractivity contribution in [3.05, 3.63) is 166 Å². The molecule has 5 aromatic carbocycles. The number of nitrogens with zero attached hydrogens (tertiary/aromatic N) is 7. The molecule has 1 aliphatic carbocycles. The number of hydrogen-bond acceptors (Lipinski definition) is 9. The van der Waals surface area contributed by atoms with Crippen molar-refractivity contribution < 1.29 is 14.3 Å². The molecule has 4 aliphatic rings. The van der Waals surface area contributed by atoms with Crippen molar-refractivity contribution in [3.8, 4) is 11.4 Å². The minimum atomic E-state index is 0. The number of hydrogen-bond donors (Lipinski definition) is 2. The van der Waals surface area contributed by atoms with Crippen LogP contribution in [0.4, 0.5) is 5.69 Å². The Bertz CT molecular complexity index is 2910.